The lowest BCUT2D eigenvalue weighted by molar-refractivity contribution is -0.184. The molecule has 2 saturated carbocycles. The van der Waals surface area contributed by atoms with Crippen molar-refractivity contribution >= 4 is 11.9 Å². The molecule has 0 amide bonds. The minimum atomic E-state index is -0.738. The van der Waals surface area contributed by atoms with Crippen molar-refractivity contribution in [2.24, 2.45) is 16.7 Å². The van der Waals surface area contributed by atoms with E-state index in [2.05, 4.69) is 13.8 Å². The second kappa shape index (κ2) is 8.36. The van der Waals surface area contributed by atoms with Crippen LogP contribution in [0.3, 0.4) is 0 Å². The molecule has 2 fully saturated rings. The predicted molar refractivity (Wildman–Crippen MR) is 112 cm³/mol. The Hall–Kier alpha value is -1.06. The number of hydrogen-bond donors (Lipinski definition) is 0. The summed E-state index contributed by atoms with van der Waals surface area (Å²) in [5.41, 5.74) is -2.17. The van der Waals surface area contributed by atoms with Crippen LogP contribution in [0.4, 0.5) is 0 Å². The summed E-state index contributed by atoms with van der Waals surface area (Å²) in [5.74, 6) is -0.0853. The highest BCUT2D eigenvalue weighted by Crippen LogP contribution is 2.43. The molecule has 2 rings (SSSR count). The zero-order valence-electron chi connectivity index (χ0n) is 19.3. The Morgan fingerprint density at radius 3 is 1.68 bits per heavy atom. The summed E-state index contributed by atoms with van der Waals surface area (Å²) in [5, 5.41) is 0. The van der Waals surface area contributed by atoms with Crippen LogP contribution in [-0.2, 0) is 19.1 Å². The standard InChI is InChI=1S/C24H42O4/c1-18(2)24(15-9-8-10-16-24)28-20(26)22(5,6)17-21(3,4)19(25)27-23(7)13-11-12-14-23/h18H,8-17H2,1-7H3. The normalized spacial score (nSPS) is 22.1. The zero-order valence-corrected chi connectivity index (χ0v) is 19.3. The molecule has 0 aromatic rings. The fraction of sp³-hybridized carbons (Fsp3) is 0.917. The van der Waals surface area contributed by atoms with Crippen molar-refractivity contribution in [1.29, 1.82) is 0 Å². The molecule has 2 aliphatic carbocycles. The van der Waals surface area contributed by atoms with Crippen molar-refractivity contribution in [2.75, 3.05) is 0 Å². The molecule has 0 atom stereocenters. The lowest BCUT2D eigenvalue weighted by Crippen LogP contribution is -2.47. The van der Waals surface area contributed by atoms with Crippen LogP contribution >= 0.6 is 0 Å². The number of hydrogen-bond acceptors (Lipinski definition) is 4. The van der Waals surface area contributed by atoms with Gasteiger partial charge in [0.25, 0.3) is 0 Å². The first-order valence-corrected chi connectivity index (χ1v) is 11.3. The first kappa shape index (κ1) is 23.2. The van der Waals surface area contributed by atoms with E-state index in [4.69, 9.17) is 9.47 Å². The number of carbonyl (C=O) groups is 2. The maximum atomic E-state index is 13.2. The van der Waals surface area contributed by atoms with E-state index in [9.17, 15) is 9.59 Å². The zero-order chi connectivity index (χ0) is 21.2. The van der Waals surface area contributed by atoms with Gasteiger partial charge in [-0.3, -0.25) is 9.59 Å². The summed E-state index contributed by atoms with van der Waals surface area (Å²) >= 11 is 0. The number of rotatable bonds is 7. The molecular formula is C24H42O4. The molecule has 0 bridgehead atoms. The molecule has 0 aliphatic heterocycles. The third kappa shape index (κ3) is 5.30. The number of carbonyl (C=O) groups excluding carboxylic acids is 2. The van der Waals surface area contributed by atoms with Crippen molar-refractivity contribution in [1.82, 2.24) is 0 Å². The third-order valence-corrected chi connectivity index (χ3v) is 7.04. The van der Waals surface area contributed by atoms with Crippen molar-refractivity contribution in [2.45, 2.75) is 124 Å². The molecule has 0 aromatic carbocycles. The van der Waals surface area contributed by atoms with Gasteiger partial charge in [-0.25, -0.2) is 0 Å². The summed E-state index contributed by atoms with van der Waals surface area (Å²) in [6.07, 6.45) is 9.82. The van der Waals surface area contributed by atoms with Gasteiger partial charge in [0.2, 0.25) is 0 Å². The van der Waals surface area contributed by atoms with Gasteiger partial charge in [-0.1, -0.05) is 20.3 Å². The minimum Gasteiger partial charge on any atom is -0.459 e. The van der Waals surface area contributed by atoms with Gasteiger partial charge in [0.15, 0.2) is 0 Å². The average Bonchev–Trinajstić information content (AvgIpc) is 3.00. The van der Waals surface area contributed by atoms with Crippen molar-refractivity contribution in [3.63, 3.8) is 0 Å². The van der Waals surface area contributed by atoms with Crippen LogP contribution in [0.5, 0.6) is 0 Å². The van der Waals surface area contributed by atoms with E-state index in [1.807, 2.05) is 34.6 Å². The van der Waals surface area contributed by atoms with Crippen LogP contribution < -0.4 is 0 Å². The van der Waals surface area contributed by atoms with E-state index < -0.39 is 10.8 Å². The van der Waals surface area contributed by atoms with Crippen molar-refractivity contribution in [3.05, 3.63) is 0 Å². The molecule has 28 heavy (non-hydrogen) atoms. The minimum absolute atomic E-state index is 0.184. The maximum absolute atomic E-state index is 13.2. The van der Waals surface area contributed by atoms with Gasteiger partial charge < -0.3 is 9.47 Å². The summed E-state index contributed by atoms with van der Waals surface area (Å²) < 4.78 is 12.1. The Morgan fingerprint density at radius 1 is 0.786 bits per heavy atom. The molecule has 0 radical (unpaired) electrons. The average molecular weight is 395 g/mol. The van der Waals surface area contributed by atoms with E-state index in [0.29, 0.717) is 12.3 Å². The Kier molecular flexibility index (Phi) is 6.93. The molecule has 4 nitrogen and oxygen atoms in total. The monoisotopic (exact) mass is 394 g/mol. The van der Waals surface area contributed by atoms with E-state index >= 15 is 0 Å². The van der Waals surface area contributed by atoms with Gasteiger partial charge in [0, 0.05) is 0 Å². The van der Waals surface area contributed by atoms with E-state index in [-0.39, 0.29) is 23.1 Å². The van der Waals surface area contributed by atoms with Crippen LogP contribution in [0.2, 0.25) is 0 Å². The van der Waals surface area contributed by atoms with Gasteiger partial charge in [-0.05, 0) is 98.3 Å². The lowest BCUT2D eigenvalue weighted by atomic mass is 9.73. The Labute approximate surface area is 172 Å². The van der Waals surface area contributed by atoms with Gasteiger partial charge in [0.1, 0.15) is 11.2 Å². The number of esters is 2. The van der Waals surface area contributed by atoms with Crippen LogP contribution in [0, 0.1) is 16.7 Å². The maximum Gasteiger partial charge on any atom is 0.312 e. The fourth-order valence-electron chi connectivity index (χ4n) is 5.11. The topological polar surface area (TPSA) is 52.6 Å². The highest BCUT2D eigenvalue weighted by molar-refractivity contribution is 5.80. The van der Waals surface area contributed by atoms with E-state index in [0.717, 1.165) is 51.4 Å². The molecule has 0 N–H and O–H groups in total. The Balaban J connectivity index is 2.05. The van der Waals surface area contributed by atoms with Crippen LogP contribution in [-0.4, -0.2) is 23.1 Å². The van der Waals surface area contributed by atoms with Crippen LogP contribution in [0.1, 0.15) is 113 Å². The largest absolute Gasteiger partial charge is 0.459 e. The number of ether oxygens (including phenoxy) is 2. The predicted octanol–water partition coefficient (Wildman–Crippen LogP) is 6.21. The third-order valence-electron chi connectivity index (χ3n) is 7.04. The highest BCUT2D eigenvalue weighted by Gasteiger charge is 2.47. The van der Waals surface area contributed by atoms with Gasteiger partial charge in [0.05, 0.1) is 10.8 Å². The molecule has 4 heteroatoms. The van der Waals surface area contributed by atoms with Crippen LogP contribution in [0.25, 0.3) is 0 Å². The molecule has 0 aromatic heterocycles. The quantitative estimate of drug-likeness (QED) is 0.482. The van der Waals surface area contributed by atoms with Crippen molar-refractivity contribution in [3.8, 4) is 0 Å². The SMILES string of the molecule is CC(C)C1(OC(=O)C(C)(C)CC(C)(C)C(=O)OC2(C)CCCC2)CCCCC1. The summed E-state index contributed by atoms with van der Waals surface area (Å²) in [4.78, 5) is 26.1. The lowest BCUT2D eigenvalue weighted by Gasteiger charge is -2.43. The summed E-state index contributed by atoms with van der Waals surface area (Å²) in [6, 6.07) is 0. The van der Waals surface area contributed by atoms with Gasteiger partial charge in [-0.15, -0.1) is 0 Å². The highest BCUT2D eigenvalue weighted by atomic mass is 16.6. The van der Waals surface area contributed by atoms with E-state index in [1.54, 1.807) is 0 Å². The van der Waals surface area contributed by atoms with Gasteiger partial charge in [-0.2, -0.15) is 0 Å². The molecule has 0 spiro atoms. The molecule has 2 aliphatic rings. The fourth-order valence-corrected chi connectivity index (χ4v) is 5.11. The summed E-state index contributed by atoms with van der Waals surface area (Å²) in [6.45, 7) is 13.9. The Morgan fingerprint density at radius 2 is 1.21 bits per heavy atom. The second-order valence-electron chi connectivity index (χ2n) is 11.2. The molecule has 0 saturated heterocycles. The van der Waals surface area contributed by atoms with Crippen LogP contribution in [0.15, 0.2) is 0 Å². The van der Waals surface area contributed by atoms with Gasteiger partial charge >= 0.3 is 11.9 Å². The summed E-state index contributed by atoms with van der Waals surface area (Å²) in [7, 11) is 0. The Bertz CT molecular complexity index is 561. The second-order valence-corrected chi connectivity index (χ2v) is 11.2. The molecule has 0 heterocycles. The molecule has 162 valence electrons. The molecular weight excluding hydrogens is 352 g/mol. The first-order chi connectivity index (χ1) is 12.8. The smallest absolute Gasteiger partial charge is 0.312 e. The van der Waals surface area contributed by atoms with Crippen molar-refractivity contribution < 1.29 is 19.1 Å². The van der Waals surface area contributed by atoms with E-state index in [1.165, 1.54) is 6.42 Å². The first-order valence-electron chi connectivity index (χ1n) is 11.3. The molecule has 0 unspecified atom stereocenters.